The van der Waals surface area contributed by atoms with E-state index in [1.807, 2.05) is 59.5 Å². The summed E-state index contributed by atoms with van der Waals surface area (Å²) < 4.78 is 1.86. The molecule has 156 valence electrons. The molecule has 1 N–H and O–H groups in total. The molecule has 1 aliphatic rings. The number of amides is 1. The Labute approximate surface area is 177 Å². The first kappa shape index (κ1) is 20.1. The summed E-state index contributed by atoms with van der Waals surface area (Å²) in [5, 5.41) is 7.18. The van der Waals surface area contributed by atoms with Crippen LogP contribution in [0.1, 0.15) is 28.4 Å². The molecule has 0 unspecified atom stereocenters. The largest absolute Gasteiger partial charge is 0.354 e. The summed E-state index contributed by atoms with van der Waals surface area (Å²) in [4.78, 5) is 21.8. The number of nitrogens with zero attached hydrogens (tertiary/aromatic N) is 5. The Morgan fingerprint density at radius 2 is 1.80 bits per heavy atom. The van der Waals surface area contributed by atoms with E-state index in [2.05, 4.69) is 32.1 Å². The van der Waals surface area contributed by atoms with Gasteiger partial charge < -0.3 is 15.1 Å². The lowest BCUT2D eigenvalue weighted by Gasteiger charge is -2.34. The van der Waals surface area contributed by atoms with Gasteiger partial charge in [-0.15, -0.1) is 0 Å². The topological polar surface area (TPSA) is 66.3 Å². The number of pyridine rings is 1. The summed E-state index contributed by atoms with van der Waals surface area (Å²) in [5.41, 5.74) is 2.75. The number of aromatic nitrogens is 3. The van der Waals surface area contributed by atoms with Crippen molar-refractivity contribution in [2.24, 2.45) is 0 Å². The molecule has 0 radical (unpaired) electrons. The van der Waals surface area contributed by atoms with Crippen LogP contribution in [-0.4, -0.2) is 58.3 Å². The molecule has 0 bridgehead atoms. The number of hydrogen-bond donors (Lipinski definition) is 1. The molecule has 1 fully saturated rings. The van der Waals surface area contributed by atoms with Crippen molar-refractivity contribution >= 4 is 11.7 Å². The second-order valence-corrected chi connectivity index (χ2v) is 7.53. The highest BCUT2D eigenvalue weighted by atomic mass is 16.1. The van der Waals surface area contributed by atoms with E-state index in [9.17, 15) is 4.79 Å². The number of benzene rings is 1. The van der Waals surface area contributed by atoms with E-state index < -0.39 is 0 Å². The molecule has 1 amide bonds. The van der Waals surface area contributed by atoms with E-state index in [0.717, 1.165) is 49.7 Å². The molecule has 0 saturated carbocycles. The van der Waals surface area contributed by atoms with Crippen LogP contribution < -0.4 is 10.2 Å². The van der Waals surface area contributed by atoms with Crippen molar-refractivity contribution in [2.75, 3.05) is 37.6 Å². The van der Waals surface area contributed by atoms with E-state index in [-0.39, 0.29) is 5.91 Å². The van der Waals surface area contributed by atoms with Gasteiger partial charge in [-0.1, -0.05) is 25.1 Å². The van der Waals surface area contributed by atoms with E-state index in [0.29, 0.717) is 18.7 Å². The predicted molar refractivity (Wildman–Crippen MR) is 118 cm³/mol. The first-order chi connectivity index (χ1) is 14.7. The highest BCUT2D eigenvalue weighted by molar-refractivity contribution is 5.94. The van der Waals surface area contributed by atoms with Crippen LogP contribution in [0.4, 0.5) is 5.82 Å². The van der Waals surface area contributed by atoms with Crippen molar-refractivity contribution in [1.29, 1.82) is 0 Å². The Balaban J connectivity index is 1.27. The van der Waals surface area contributed by atoms with Crippen molar-refractivity contribution in [3.63, 3.8) is 0 Å². The lowest BCUT2D eigenvalue weighted by Crippen LogP contribution is -2.46. The molecule has 2 aromatic heterocycles. The molecule has 0 spiro atoms. The fraction of sp³-hybridized carbons (Fsp3) is 0.348. The van der Waals surface area contributed by atoms with Gasteiger partial charge in [-0.25, -0.2) is 4.98 Å². The van der Waals surface area contributed by atoms with Gasteiger partial charge in [0.2, 0.25) is 0 Å². The molecular weight excluding hydrogens is 376 g/mol. The highest BCUT2D eigenvalue weighted by Gasteiger charge is 2.16. The van der Waals surface area contributed by atoms with Crippen molar-refractivity contribution in [1.82, 2.24) is 25.0 Å². The maximum Gasteiger partial charge on any atom is 0.251 e. The second kappa shape index (κ2) is 9.54. The molecule has 1 aromatic carbocycles. The number of anilines is 1. The number of hydrogen-bond acceptors (Lipinski definition) is 5. The summed E-state index contributed by atoms with van der Waals surface area (Å²) in [6.07, 6.45) is 5.54. The molecule has 7 nitrogen and oxygen atoms in total. The quantitative estimate of drug-likeness (QED) is 0.655. The average Bonchev–Trinajstić information content (AvgIpc) is 3.31. The van der Waals surface area contributed by atoms with Gasteiger partial charge >= 0.3 is 0 Å². The van der Waals surface area contributed by atoms with Gasteiger partial charge in [0.15, 0.2) is 0 Å². The average molecular weight is 405 g/mol. The Morgan fingerprint density at radius 1 is 1.03 bits per heavy atom. The van der Waals surface area contributed by atoms with E-state index in [4.69, 9.17) is 0 Å². The van der Waals surface area contributed by atoms with Gasteiger partial charge in [0.05, 0.1) is 6.54 Å². The molecule has 4 rings (SSSR count). The second-order valence-electron chi connectivity index (χ2n) is 7.53. The van der Waals surface area contributed by atoms with Crippen molar-refractivity contribution in [2.45, 2.75) is 20.0 Å². The third kappa shape index (κ3) is 5.04. The molecule has 7 heteroatoms. The van der Waals surface area contributed by atoms with Crippen molar-refractivity contribution < 1.29 is 4.79 Å². The Morgan fingerprint density at radius 3 is 2.43 bits per heavy atom. The van der Waals surface area contributed by atoms with Crippen LogP contribution in [0, 0.1) is 0 Å². The van der Waals surface area contributed by atoms with Gasteiger partial charge in [0.1, 0.15) is 5.82 Å². The number of likely N-dealkylation sites (N-methyl/N-ethyl adjacent to an activating group) is 1. The minimum atomic E-state index is -0.0830. The van der Waals surface area contributed by atoms with Gasteiger partial charge in [0.25, 0.3) is 5.91 Å². The summed E-state index contributed by atoms with van der Waals surface area (Å²) in [6.45, 7) is 8.64. The number of piperazine rings is 1. The minimum Gasteiger partial charge on any atom is -0.354 e. The monoisotopic (exact) mass is 404 g/mol. The highest BCUT2D eigenvalue weighted by Crippen LogP contribution is 2.14. The fourth-order valence-corrected chi connectivity index (χ4v) is 3.63. The number of rotatable bonds is 7. The van der Waals surface area contributed by atoms with E-state index in [1.165, 1.54) is 0 Å². The number of carbonyl (C=O) groups is 1. The van der Waals surface area contributed by atoms with E-state index >= 15 is 0 Å². The van der Waals surface area contributed by atoms with Crippen LogP contribution in [0.5, 0.6) is 0 Å². The zero-order valence-corrected chi connectivity index (χ0v) is 17.4. The van der Waals surface area contributed by atoms with Crippen LogP contribution in [0.15, 0.2) is 61.1 Å². The van der Waals surface area contributed by atoms with Gasteiger partial charge in [-0.05, 0) is 41.9 Å². The maximum atomic E-state index is 12.5. The van der Waals surface area contributed by atoms with Crippen molar-refractivity contribution in [3.8, 4) is 0 Å². The summed E-state index contributed by atoms with van der Waals surface area (Å²) in [6, 6.07) is 13.6. The van der Waals surface area contributed by atoms with Crippen LogP contribution in [-0.2, 0) is 13.1 Å². The Hall–Kier alpha value is -3.19. The van der Waals surface area contributed by atoms with Crippen LogP contribution in [0.2, 0.25) is 0 Å². The normalized spacial score (nSPS) is 14.6. The van der Waals surface area contributed by atoms with Gasteiger partial charge in [-0.3, -0.25) is 9.48 Å². The lowest BCUT2D eigenvalue weighted by atomic mass is 10.1. The third-order valence-electron chi connectivity index (χ3n) is 5.53. The Bertz CT molecular complexity index is 929. The van der Waals surface area contributed by atoms with Crippen LogP contribution in [0.3, 0.4) is 0 Å². The number of nitrogens with one attached hydrogen (secondary N) is 1. The molecule has 30 heavy (non-hydrogen) atoms. The maximum absolute atomic E-state index is 12.5. The zero-order valence-electron chi connectivity index (χ0n) is 17.4. The first-order valence-electron chi connectivity index (χ1n) is 10.5. The Kier molecular flexibility index (Phi) is 6.39. The molecule has 0 aliphatic carbocycles. The summed E-state index contributed by atoms with van der Waals surface area (Å²) >= 11 is 0. The smallest absolute Gasteiger partial charge is 0.251 e. The molecule has 1 aliphatic heterocycles. The predicted octanol–water partition coefficient (Wildman–Crippen LogP) is 2.40. The fourth-order valence-electron chi connectivity index (χ4n) is 3.63. The molecular formula is C23H28N6O. The van der Waals surface area contributed by atoms with Crippen LogP contribution in [0.25, 0.3) is 0 Å². The first-order valence-corrected chi connectivity index (χ1v) is 10.5. The van der Waals surface area contributed by atoms with Gasteiger partial charge in [0, 0.05) is 56.9 Å². The minimum absolute atomic E-state index is 0.0830. The molecule has 0 atom stereocenters. The molecule has 3 heterocycles. The molecule has 1 saturated heterocycles. The summed E-state index contributed by atoms with van der Waals surface area (Å²) in [7, 11) is 0. The SMILES string of the molecule is CCN1CCN(c2ccc(CNC(=O)c3ccc(Cn4cccn4)cc3)cn2)CC1. The lowest BCUT2D eigenvalue weighted by molar-refractivity contribution is 0.0951. The third-order valence-corrected chi connectivity index (χ3v) is 5.53. The standard InChI is InChI=1S/C23H28N6O/c1-2-27-12-14-28(15-13-27)22-9-6-20(16-24-22)17-25-23(30)21-7-4-19(5-8-21)18-29-11-3-10-26-29/h3-11,16H,2,12-15,17-18H2,1H3,(H,25,30). The van der Waals surface area contributed by atoms with Crippen LogP contribution >= 0.6 is 0 Å². The molecule has 3 aromatic rings. The van der Waals surface area contributed by atoms with Crippen molar-refractivity contribution in [3.05, 3.63) is 77.7 Å². The summed E-state index contributed by atoms with van der Waals surface area (Å²) in [5.74, 6) is 0.925. The zero-order chi connectivity index (χ0) is 20.8. The number of carbonyl (C=O) groups excluding carboxylic acids is 1. The van der Waals surface area contributed by atoms with E-state index in [1.54, 1.807) is 6.20 Å². The van der Waals surface area contributed by atoms with Gasteiger partial charge in [-0.2, -0.15) is 5.10 Å².